The van der Waals surface area contributed by atoms with Crippen molar-refractivity contribution in [2.75, 3.05) is 26.2 Å². The standard InChI is InChI=1S/C35H53N5OS/c1-24(2)16-29-21-39-19-28-14-9-15-31(17-28)42-38-35-36-32(34-25(3)10-8-11-26(34)4)18-33(37-35)41-30(22-39)23-40(29)20-27-12-6-5-7-13-27/h5-8,10-13,24,28-33,35-38H,9,14-23H2,1-4H3/t28?,29-,30?,31?,32?,33?,35?/m0/s1. The van der Waals surface area contributed by atoms with Gasteiger partial charge in [-0.15, -0.1) is 0 Å². The molecule has 1 saturated carbocycles. The molecule has 230 valence electrons. The van der Waals surface area contributed by atoms with E-state index in [0.29, 0.717) is 17.2 Å². The summed E-state index contributed by atoms with van der Waals surface area (Å²) in [5.74, 6) is 1.44. The first-order valence-electron chi connectivity index (χ1n) is 16.5. The molecule has 1 aliphatic carbocycles. The van der Waals surface area contributed by atoms with Crippen LogP contribution in [-0.2, 0) is 11.3 Å². The number of hydrogen-bond donors (Lipinski definition) is 3. The maximum Gasteiger partial charge on any atom is 0.123 e. The predicted octanol–water partition coefficient (Wildman–Crippen LogP) is 5.97. The highest BCUT2D eigenvalue weighted by molar-refractivity contribution is 7.98. The third-order valence-corrected chi connectivity index (χ3v) is 11.0. The molecule has 6 bridgehead atoms. The van der Waals surface area contributed by atoms with Gasteiger partial charge in [0.1, 0.15) is 12.5 Å². The molecule has 3 heterocycles. The smallest absolute Gasteiger partial charge is 0.123 e. The summed E-state index contributed by atoms with van der Waals surface area (Å²) in [5.41, 5.74) is 5.55. The number of hydrogen-bond acceptors (Lipinski definition) is 7. The Morgan fingerprint density at radius 3 is 2.50 bits per heavy atom. The van der Waals surface area contributed by atoms with Crippen LogP contribution in [0.2, 0.25) is 0 Å². The van der Waals surface area contributed by atoms with Gasteiger partial charge in [0.2, 0.25) is 0 Å². The summed E-state index contributed by atoms with van der Waals surface area (Å²) < 4.78 is 11.0. The van der Waals surface area contributed by atoms with E-state index in [9.17, 15) is 0 Å². The van der Waals surface area contributed by atoms with Crippen molar-refractivity contribution in [1.29, 1.82) is 0 Å². The molecule has 3 saturated heterocycles. The highest BCUT2D eigenvalue weighted by atomic mass is 32.2. The van der Waals surface area contributed by atoms with Crippen LogP contribution in [0.15, 0.2) is 48.5 Å². The Balaban J connectivity index is 1.30. The molecular weight excluding hydrogens is 538 g/mol. The molecule has 0 aromatic heterocycles. The van der Waals surface area contributed by atoms with Crippen molar-refractivity contribution in [2.45, 2.75) is 109 Å². The van der Waals surface area contributed by atoms with Crippen LogP contribution < -0.4 is 15.4 Å². The van der Waals surface area contributed by atoms with Crippen molar-refractivity contribution in [2.24, 2.45) is 11.8 Å². The summed E-state index contributed by atoms with van der Waals surface area (Å²) in [6.45, 7) is 14.6. The van der Waals surface area contributed by atoms with E-state index in [0.717, 1.165) is 38.5 Å². The number of aryl methyl sites for hydroxylation is 2. The lowest BCUT2D eigenvalue weighted by Gasteiger charge is -2.41. The molecule has 4 aliphatic rings. The van der Waals surface area contributed by atoms with Gasteiger partial charge in [0.25, 0.3) is 0 Å². The molecule has 2 aromatic rings. The number of fused-ring (bicyclic) bond motifs is 6. The summed E-state index contributed by atoms with van der Waals surface area (Å²) in [6, 6.07) is 18.5. The Kier molecular flexibility index (Phi) is 10.3. The van der Waals surface area contributed by atoms with Crippen molar-refractivity contribution in [3.8, 4) is 0 Å². The molecule has 7 unspecified atom stereocenters. The van der Waals surface area contributed by atoms with Gasteiger partial charge in [-0.25, -0.2) is 4.72 Å². The van der Waals surface area contributed by atoms with Crippen molar-refractivity contribution in [3.05, 3.63) is 70.8 Å². The fourth-order valence-corrected chi connectivity index (χ4v) is 9.18. The molecule has 4 fully saturated rings. The van der Waals surface area contributed by atoms with Crippen molar-refractivity contribution in [1.82, 2.24) is 25.2 Å². The average Bonchev–Trinajstić information content (AvgIpc) is 3.09. The Bertz CT molecular complexity index is 1130. The van der Waals surface area contributed by atoms with E-state index in [1.165, 1.54) is 60.9 Å². The normalized spacial score (nSPS) is 34.6. The summed E-state index contributed by atoms with van der Waals surface area (Å²) in [4.78, 5) is 5.55. The lowest BCUT2D eigenvalue weighted by Crippen LogP contribution is -2.62. The van der Waals surface area contributed by atoms with Gasteiger partial charge in [-0.3, -0.25) is 20.4 Å². The number of nitrogens with zero attached hydrogens (tertiary/aromatic N) is 2. The molecule has 7 heteroatoms. The minimum atomic E-state index is -0.0134. The molecule has 0 amide bonds. The SMILES string of the molecule is Cc1cccc(C)c1C1CC2NC(NSC3CCCC(C3)CN3CC(CN(Cc4ccccc4)[C@@H](CC(C)C)C3)O2)N1. The molecule has 2 aromatic carbocycles. The second kappa shape index (κ2) is 14.1. The van der Waals surface area contributed by atoms with Crippen LogP contribution in [0.25, 0.3) is 0 Å². The lowest BCUT2D eigenvalue weighted by atomic mass is 9.88. The number of ether oxygens (including phenoxy) is 1. The third kappa shape index (κ3) is 7.79. The average molecular weight is 592 g/mol. The maximum atomic E-state index is 7.17. The predicted molar refractivity (Wildman–Crippen MR) is 175 cm³/mol. The van der Waals surface area contributed by atoms with Crippen molar-refractivity contribution < 1.29 is 4.74 Å². The molecule has 3 aliphatic heterocycles. The molecule has 3 N–H and O–H groups in total. The summed E-state index contributed by atoms with van der Waals surface area (Å²) >= 11 is 1.95. The Hall–Kier alpha value is -1.45. The number of benzene rings is 2. The molecule has 0 radical (unpaired) electrons. The summed E-state index contributed by atoms with van der Waals surface area (Å²) in [5, 5.41) is 8.42. The second-order valence-corrected chi connectivity index (χ2v) is 15.1. The number of nitrogens with one attached hydrogen (secondary N) is 3. The van der Waals surface area contributed by atoms with Gasteiger partial charge >= 0.3 is 0 Å². The van der Waals surface area contributed by atoms with Crippen LogP contribution in [0.5, 0.6) is 0 Å². The highest BCUT2D eigenvalue weighted by Gasteiger charge is 2.37. The minimum absolute atomic E-state index is 0.00915. The highest BCUT2D eigenvalue weighted by Crippen LogP contribution is 2.35. The molecule has 0 spiro atoms. The first-order chi connectivity index (χ1) is 20.4. The zero-order chi connectivity index (χ0) is 29.1. The van der Waals surface area contributed by atoms with Crippen LogP contribution in [0.3, 0.4) is 0 Å². The van der Waals surface area contributed by atoms with E-state index in [4.69, 9.17) is 4.74 Å². The van der Waals surface area contributed by atoms with E-state index in [1.807, 2.05) is 11.9 Å². The van der Waals surface area contributed by atoms with Gasteiger partial charge in [-0.05, 0) is 73.6 Å². The monoisotopic (exact) mass is 591 g/mol. The maximum absolute atomic E-state index is 7.17. The largest absolute Gasteiger partial charge is 0.357 e. The van der Waals surface area contributed by atoms with Crippen LogP contribution in [0.1, 0.15) is 80.7 Å². The molecular formula is C35H53N5OS. The van der Waals surface area contributed by atoms with Gasteiger partial charge in [0.15, 0.2) is 0 Å². The zero-order valence-corrected chi connectivity index (χ0v) is 27.0. The quantitative estimate of drug-likeness (QED) is 0.371. The van der Waals surface area contributed by atoms with Crippen LogP contribution in [0.4, 0.5) is 0 Å². The van der Waals surface area contributed by atoms with E-state index < -0.39 is 0 Å². The summed E-state index contributed by atoms with van der Waals surface area (Å²) in [7, 11) is 0. The second-order valence-electron chi connectivity index (χ2n) is 13.9. The van der Waals surface area contributed by atoms with E-state index in [-0.39, 0.29) is 24.7 Å². The van der Waals surface area contributed by atoms with E-state index in [2.05, 4.69) is 101 Å². The molecule has 6 nitrogen and oxygen atoms in total. The van der Waals surface area contributed by atoms with Gasteiger partial charge in [-0.1, -0.05) is 80.7 Å². The first kappa shape index (κ1) is 30.6. The van der Waals surface area contributed by atoms with Gasteiger partial charge in [0, 0.05) is 56.5 Å². The fraction of sp³-hybridized carbons (Fsp3) is 0.657. The van der Waals surface area contributed by atoms with Crippen LogP contribution in [-0.4, -0.2) is 65.9 Å². The number of rotatable bonds is 5. The van der Waals surface area contributed by atoms with Crippen molar-refractivity contribution in [3.63, 3.8) is 0 Å². The van der Waals surface area contributed by atoms with Crippen LogP contribution in [0, 0.1) is 25.7 Å². The van der Waals surface area contributed by atoms with Gasteiger partial charge < -0.3 is 4.74 Å². The lowest BCUT2D eigenvalue weighted by molar-refractivity contribution is -0.0773. The molecule has 6 rings (SSSR count). The van der Waals surface area contributed by atoms with Gasteiger partial charge in [0.05, 0.1) is 6.10 Å². The Morgan fingerprint density at radius 1 is 0.905 bits per heavy atom. The minimum Gasteiger partial charge on any atom is -0.357 e. The van der Waals surface area contributed by atoms with Gasteiger partial charge in [-0.2, -0.15) is 0 Å². The molecule has 8 atom stereocenters. The zero-order valence-electron chi connectivity index (χ0n) is 26.2. The summed E-state index contributed by atoms with van der Waals surface area (Å²) in [6.07, 6.45) is 7.62. The third-order valence-electron chi connectivity index (χ3n) is 9.88. The Labute approximate surface area is 258 Å². The van der Waals surface area contributed by atoms with E-state index in [1.54, 1.807) is 0 Å². The van der Waals surface area contributed by atoms with Crippen molar-refractivity contribution >= 4 is 11.9 Å². The fourth-order valence-electron chi connectivity index (χ4n) is 8.06. The topological polar surface area (TPSA) is 51.8 Å². The Morgan fingerprint density at radius 2 is 1.71 bits per heavy atom. The van der Waals surface area contributed by atoms with Crippen LogP contribution >= 0.6 is 11.9 Å². The first-order valence-corrected chi connectivity index (χ1v) is 17.4. The van der Waals surface area contributed by atoms with E-state index >= 15 is 0 Å². The molecule has 42 heavy (non-hydrogen) atoms.